The van der Waals surface area contributed by atoms with E-state index in [4.69, 9.17) is 4.74 Å². The SMILES string of the molecule is Cc1ccc(S(=O)(=O)N(CC(=O)N(Cc2ccc(Br)cc2)[C@H](C)C(=O)NCC(C)C)c2ccc(Oc3ccccc3)cc2)cc1. The number of benzene rings is 4. The van der Waals surface area contributed by atoms with Gasteiger partial charge in [-0.05, 0) is 86.0 Å². The highest BCUT2D eigenvalue weighted by Crippen LogP contribution is 2.29. The summed E-state index contributed by atoms with van der Waals surface area (Å²) in [6.45, 7) is 7.54. The second kappa shape index (κ2) is 15.2. The van der Waals surface area contributed by atoms with E-state index in [-0.39, 0.29) is 29.0 Å². The standard InChI is InChI=1S/C35H38BrN3O5S/c1-25(2)22-37-35(41)27(4)38(23-28-12-14-29(36)15-13-28)34(40)24-39(45(42,43)33-20-10-26(3)11-21-33)30-16-18-32(19-17-30)44-31-8-6-5-7-9-31/h5-21,25,27H,22-24H2,1-4H3,(H,37,41)/t27-/m1/s1. The molecule has 45 heavy (non-hydrogen) atoms. The van der Waals surface area contributed by atoms with Crippen LogP contribution in [0.3, 0.4) is 0 Å². The minimum Gasteiger partial charge on any atom is -0.457 e. The van der Waals surface area contributed by atoms with E-state index < -0.39 is 28.5 Å². The number of hydrogen-bond acceptors (Lipinski definition) is 5. The lowest BCUT2D eigenvalue weighted by Crippen LogP contribution is -2.51. The van der Waals surface area contributed by atoms with Gasteiger partial charge in [0.15, 0.2) is 0 Å². The van der Waals surface area contributed by atoms with Crippen LogP contribution in [0.2, 0.25) is 0 Å². The molecule has 4 aromatic carbocycles. The number of carbonyl (C=O) groups is 2. The molecule has 0 aromatic heterocycles. The van der Waals surface area contributed by atoms with E-state index in [1.54, 1.807) is 43.3 Å². The summed E-state index contributed by atoms with van der Waals surface area (Å²) in [6.07, 6.45) is 0. The van der Waals surface area contributed by atoms with Gasteiger partial charge in [-0.2, -0.15) is 0 Å². The molecule has 0 unspecified atom stereocenters. The van der Waals surface area contributed by atoms with Gasteiger partial charge in [-0.1, -0.05) is 77.8 Å². The number of nitrogens with zero attached hydrogens (tertiary/aromatic N) is 2. The van der Waals surface area contributed by atoms with E-state index in [9.17, 15) is 18.0 Å². The molecule has 0 spiro atoms. The van der Waals surface area contributed by atoms with Gasteiger partial charge in [-0.15, -0.1) is 0 Å². The fourth-order valence-corrected chi connectivity index (χ4v) is 6.17. The smallest absolute Gasteiger partial charge is 0.264 e. The van der Waals surface area contributed by atoms with E-state index in [0.29, 0.717) is 18.0 Å². The van der Waals surface area contributed by atoms with Crippen LogP contribution in [0, 0.1) is 12.8 Å². The lowest BCUT2D eigenvalue weighted by Gasteiger charge is -2.32. The zero-order chi connectivity index (χ0) is 32.6. The number of rotatable bonds is 13. The molecule has 0 fully saturated rings. The van der Waals surface area contributed by atoms with Crippen molar-refractivity contribution in [2.45, 2.75) is 45.2 Å². The average Bonchev–Trinajstić information content (AvgIpc) is 3.03. The lowest BCUT2D eigenvalue weighted by molar-refractivity contribution is -0.139. The summed E-state index contributed by atoms with van der Waals surface area (Å²) in [5.74, 6) is 0.532. The molecule has 0 aliphatic rings. The van der Waals surface area contributed by atoms with Crippen molar-refractivity contribution in [3.8, 4) is 11.5 Å². The Hall–Kier alpha value is -4.15. The first-order valence-electron chi connectivity index (χ1n) is 14.7. The Morgan fingerprint density at radius 3 is 2.02 bits per heavy atom. The monoisotopic (exact) mass is 691 g/mol. The Balaban J connectivity index is 1.69. The molecule has 0 aliphatic carbocycles. The molecule has 236 valence electrons. The molecule has 4 aromatic rings. The van der Waals surface area contributed by atoms with Gasteiger partial charge >= 0.3 is 0 Å². The zero-order valence-corrected chi connectivity index (χ0v) is 28.2. The van der Waals surface area contributed by atoms with Gasteiger partial charge in [0, 0.05) is 17.6 Å². The van der Waals surface area contributed by atoms with Gasteiger partial charge in [0.1, 0.15) is 24.1 Å². The minimum absolute atomic E-state index is 0.0488. The van der Waals surface area contributed by atoms with Crippen molar-refractivity contribution in [2.24, 2.45) is 5.92 Å². The van der Waals surface area contributed by atoms with Gasteiger partial charge in [0.25, 0.3) is 10.0 Å². The number of ether oxygens (including phenoxy) is 1. The second-order valence-corrected chi connectivity index (χ2v) is 14.0. The summed E-state index contributed by atoms with van der Waals surface area (Å²) in [7, 11) is -4.18. The molecule has 8 nitrogen and oxygen atoms in total. The number of aryl methyl sites for hydroxylation is 1. The fraction of sp³-hybridized carbons (Fsp3) is 0.257. The van der Waals surface area contributed by atoms with Crippen LogP contribution in [-0.4, -0.2) is 44.3 Å². The van der Waals surface area contributed by atoms with Crippen LogP contribution in [0.1, 0.15) is 31.9 Å². The summed E-state index contributed by atoms with van der Waals surface area (Å²) >= 11 is 3.43. The summed E-state index contributed by atoms with van der Waals surface area (Å²) < 4.78 is 36.0. The normalized spacial score (nSPS) is 12.0. The van der Waals surface area contributed by atoms with Gasteiger partial charge in [0.05, 0.1) is 10.6 Å². The Morgan fingerprint density at radius 2 is 1.42 bits per heavy atom. The third-order valence-corrected chi connectivity index (χ3v) is 9.43. The molecule has 0 saturated heterocycles. The Bertz CT molecular complexity index is 1680. The molecule has 0 saturated carbocycles. The number of sulfonamides is 1. The topological polar surface area (TPSA) is 96.0 Å². The maximum atomic E-state index is 14.1. The maximum absolute atomic E-state index is 14.1. The molecule has 0 bridgehead atoms. The van der Waals surface area contributed by atoms with Crippen molar-refractivity contribution in [3.63, 3.8) is 0 Å². The number of halogens is 1. The predicted octanol–water partition coefficient (Wildman–Crippen LogP) is 6.93. The highest BCUT2D eigenvalue weighted by Gasteiger charge is 2.32. The van der Waals surface area contributed by atoms with E-state index in [0.717, 1.165) is 19.9 Å². The van der Waals surface area contributed by atoms with E-state index in [2.05, 4.69) is 21.2 Å². The van der Waals surface area contributed by atoms with Crippen LogP contribution in [0.25, 0.3) is 0 Å². The minimum atomic E-state index is -4.18. The number of para-hydroxylation sites is 1. The van der Waals surface area contributed by atoms with Crippen molar-refractivity contribution in [1.29, 1.82) is 0 Å². The van der Waals surface area contributed by atoms with Crippen LogP contribution in [0.5, 0.6) is 11.5 Å². The second-order valence-electron chi connectivity index (χ2n) is 11.2. The van der Waals surface area contributed by atoms with Crippen molar-refractivity contribution >= 4 is 43.5 Å². The third kappa shape index (κ3) is 9.18. The van der Waals surface area contributed by atoms with Crippen LogP contribution in [0.4, 0.5) is 5.69 Å². The van der Waals surface area contributed by atoms with Crippen LogP contribution < -0.4 is 14.4 Å². The van der Waals surface area contributed by atoms with Gasteiger partial charge < -0.3 is 15.0 Å². The van der Waals surface area contributed by atoms with Crippen LogP contribution in [0.15, 0.2) is 112 Å². The van der Waals surface area contributed by atoms with Gasteiger partial charge in [-0.25, -0.2) is 8.42 Å². The van der Waals surface area contributed by atoms with Crippen LogP contribution >= 0.6 is 15.9 Å². The van der Waals surface area contributed by atoms with E-state index >= 15 is 0 Å². The maximum Gasteiger partial charge on any atom is 0.264 e. The molecule has 1 N–H and O–H groups in total. The molecule has 10 heteroatoms. The highest BCUT2D eigenvalue weighted by molar-refractivity contribution is 9.10. The summed E-state index contributed by atoms with van der Waals surface area (Å²) in [5, 5.41) is 2.90. The van der Waals surface area contributed by atoms with Crippen molar-refractivity contribution in [2.75, 3.05) is 17.4 Å². The lowest BCUT2D eigenvalue weighted by atomic mass is 10.1. The number of hydrogen-bond donors (Lipinski definition) is 1. The molecule has 4 rings (SSSR count). The quantitative estimate of drug-likeness (QED) is 0.164. The first-order valence-corrected chi connectivity index (χ1v) is 16.9. The molecule has 0 heterocycles. The van der Waals surface area contributed by atoms with Crippen molar-refractivity contribution in [3.05, 3.63) is 119 Å². The molecule has 1 atom stereocenters. The molecule has 2 amide bonds. The molecular formula is C35H38BrN3O5S. The summed E-state index contributed by atoms with van der Waals surface area (Å²) in [5.41, 5.74) is 1.98. The average molecular weight is 693 g/mol. The number of anilines is 1. The van der Waals surface area contributed by atoms with E-state index in [1.165, 1.54) is 17.0 Å². The highest BCUT2D eigenvalue weighted by atomic mass is 79.9. The Morgan fingerprint density at radius 1 is 0.822 bits per heavy atom. The van der Waals surface area contributed by atoms with E-state index in [1.807, 2.05) is 75.4 Å². The largest absolute Gasteiger partial charge is 0.457 e. The first-order chi connectivity index (χ1) is 21.4. The van der Waals surface area contributed by atoms with Crippen molar-refractivity contribution < 1.29 is 22.7 Å². The first kappa shape index (κ1) is 33.7. The number of amides is 2. The van der Waals surface area contributed by atoms with Crippen molar-refractivity contribution in [1.82, 2.24) is 10.2 Å². The molecular weight excluding hydrogens is 654 g/mol. The van der Waals surface area contributed by atoms with Gasteiger partial charge in [0.2, 0.25) is 11.8 Å². The molecule has 0 aliphatic heterocycles. The predicted molar refractivity (Wildman–Crippen MR) is 181 cm³/mol. The third-order valence-electron chi connectivity index (χ3n) is 7.11. The summed E-state index contributed by atoms with van der Waals surface area (Å²) in [6, 6.07) is 28.8. The Labute approximate surface area is 274 Å². The number of nitrogens with one attached hydrogen (secondary N) is 1. The van der Waals surface area contributed by atoms with Gasteiger partial charge in [-0.3, -0.25) is 13.9 Å². The molecule has 0 radical (unpaired) electrons. The summed E-state index contributed by atoms with van der Waals surface area (Å²) in [4.78, 5) is 28.8. The van der Waals surface area contributed by atoms with Crippen LogP contribution in [-0.2, 0) is 26.2 Å². The zero-order valence-electron chi connectivity index (χ0n) is 25.8. The fourth-order valence-electron chi connectivity index (χ4n) is 4.49. The number of carbonyl (C=O) groups excluding carboxylic acids is 2. The Kier molecular flexibility index (Phi) is 11.4.